The molecule has 0 aromatic rings. The van der Waals surface area contributed by atoms with Crippen LogP contribution in [-0.2, 0) is 27.9 Å². The lowest BCUT2D eigenvalue weighted by Gasteiger charge is -2.41. The van der Waals surface area contributed by atoms with Crippen molar-refractivity contribution in [2.75, 3.05) is 0 Å². The Morgan fingerprint density at radius 3 is 2.16 bits per heavy atom. The number of fused-ring (bicyclic) bond motifs is 1. The molecule has 2 saturated heterocycles. The van der Waals surface area contributed by atoms with Gasteiger partial charge in [-0.05, 0) is 70.5 Å². The third-order valence-corrected chi connectivity index (χ3v) is 9.66. The van der Waals surface area contributed by atoms with Gasteiger partial charge in [-0.1, -0.05) is 52.8 Å². The average molecular weight is 567 g/mol. The summed E-state index contributed by atoms with van der Waals surface area (Å²) in [7, 11) is -4.00. The third-order valence-electron chi connectivity index (χ3n) is 7.69. The van der Waals surface area contributed by atoms with E-state index >= 15 is 0 Å². The molecule has 0 N–H and O–H groups in total. The Labute approximate surface area is 234 Å². The zero-order valence-electron chi connectivity index (χ0n) is 25.9. The number of ketones is 1. The van der Waals surface area contributed by atoms with Crippen molar-refractivity contribution in [1.82, 2.24) is 0 Å². The van der Waals surface area contributed by atoms with E-state index in [9.17, 15) is 9.59 Å². The van der Waals surface area contributed by atoms with Gasteiger partial charge in [0.05, 0.1) is 30.8 Å². The monoisotopic (exact) mass is 566 g/mol. The van der Waals surface area contributed by atoms with E-state index in [0.717, 1.165) is 24.8 Å². The fourth-order valence-electron chi connectivity index (χ4n) is 5.52. The fraction of sp³-hybridized carbons (Fsp3) is 0.800. The Kier molecular flexibility index (Phi) is 11.4. The van der Waals surface area contributed by atoms with E-state index in [0.29, 0.717) is 6.42 Å². The van der Waals surface area contributed by atoms with Gasteiger partial charge in [0.15, 0.2) is 16.6 Å². The highest BCUT2D eigenvalue weighted by Gasteiger charge is 2.47. The molecule has 2 rings (SSSR count). The van der Waals surface area contributed by atoms with E-state index in [-0.39, 0.29) is 54.4 Å². The van der Waals surface area contributed by atoms with Crippen molar-refractivity contribution in [2.45, 2.75) is 137 Å². The Morgan fingerprint density at radius 2 is 1.61 bits per heavy atom. The first-order chi connectivity index (χ1) is 17.4. The molecule has 0 aromatic carbocycles. The number of allylic oxidation sites excluding steroid dienone is 2. The molecule has 2 aliphatic heterocycles. The van der Waals surface area contributed by atoms with Gasteiger partial charge < -0.3 is 18.3 Å². The largest absolute Gasteiger partial charge is 0.458 e. The number of carbonyl (C=O) groups is 2. The minimum absolute atomic E-state index is 0.0254. The summed E-state index contributed by atoms with van der Waals surface area (Å²) < 4.78 is 25.3. The van der Waals surface area contributed by atoms with Crippen LogP contribution in [0.2, 0.25) is 39.3 Å². The predicted molar refractivity (Wildman–Crippen MR) is 159 cm³/mol. The lowest BCUT2D eigenvalue weighted by atomic mass is 9.73. The lowest BCUT2D eigenvalue weighted by molar-refractivity contribution is -0.153. The van der Waals surface area contributed by atoms with Gasteiger partial charge >= 0.3 is 5.97 Å². The molecule has 6 nitrogen and oxygen atoms in total. The molecular formula is C30H54O6Si2. The van der Waals surface area contributed by atoms with Gasteiger partial charge in [0.2, 0.25) is 0 Å². The quantitative estimate of drug-likeness (QED) is 0.148. The number of hydrogen-bond acceptors (Lipinski definition) is 6. The molecule has 8 heteroatoms. The summed E-state index contributed by atoms with van der Waals surface area (Å²) in [4.78, 5) is 27.6. The Balaban J connectivity index is 2.46. The highest BCUT2D eigenvalue weighted by molar-refractivity contribution is 6.70. The molecule has 7 atom stereocenters. The Bertz CT molecular complexity index is 869. The van der Waals surface area contributed by atoms with Crippen LogP contribution in [0.3, 0.4) is 0 Å². The van der Waals surface area contributed by atoms with Crippen LogP contribution in [0.1, 0.15) is 66.7 Å². The maximum atomic E-state index is 14.2. The summed E-state index contributed by atoms with van der Waals surface area (Å²) in [6.45, 7) is 26.6. The molecule has 2 fully saturated rings. The first-order valence-corrected chi connectivity index (χ1v) is 21.2. The molecule has 0 bridgehead atoms. The van der Waals surface area contributed by atoms with Crippen molar-refractivity contribution >= 4 is 28.4 Å². The molecule has 218 valence electrons. The van der Waals surface area contributed by atoms with E-state index in [2.05, 4.69) is 52.8 Å². The van der Waals surface area contributed by atoms with Crippen LogP contribution in [0.4, 0.5) is 0 Å². The standard InChI is InChI=1S/C30H54O6Si2/c1-13-15-20(2)24-18-25-23(33-25)17-14-16-21(3)28(36-38(10,11)12)22(4)29(32)30(5,6)26(19-27(31)34-24)35-37(7,8)9/h13,15,21-26,28H,1,14,16-19H2,2-12H3/b20-15+/t21-,22-,23-,24+,25+,26-,28-/m0/s1. The van der Waals surface area contributed by atoms with Crippen LogP contribution >= 0.6 is 0 Å². The van der Waals surface area contributed by atoms with E-state index in [1.165, 1.54) is 0 Å². The van der Waals surface area contributed by atoms with E-state index in [4.69, 9.17) is 18.3 Å². The van der Waals surface area contributed by atoms with E-state index < -0.39 is 28.2 Å². The van der Waals surface area contributed by atoms with Gasteiger partial charge in [0.1, 0.15) is 11.9 Å². The first kappa shape index (κ1) is 33.1. The van der Waals surface area contributed by atoms with E-state index in [1.807, 2.05) is 33.8 Å². The summed E-state index contributed by atoms with van der Waals surface area (Å²) in [5.41, 5.74) is 0.0539. The van der Waals surface area contributed by atoms with Gasteiger partial charge in [-0.3, -0.25) is 9.59 Å². The zero-order valence-corrected chi connectivity index (χ0v) is 27.9. The number of cyclic esters (lactones) is 1. The van der Waals surface area contributed by atoms with Crippen molar-refractivity contribution in [3.63, 3.8) is 0 Å². The molecule has 0 spiro atoms. The number of rotatable bonds is 6. The highest BCUT2D eigenvalue weighted by atomic mass is 28.4. The number of carbonyl (C=O) groups excluding carboxylic acids is 2. The number of epoxide rings is 1. The first-order valence-electron chi connectivity index (χ1n) is 14.4. The molecule has 2 aliphatic rings. The van der Waals surface area contributed by atoms with Gasteiger partial charge in [0.25, 0.3) is 0 Å². The van der Waals surface area contributed by atoms with Gasteiger partial charge in [-0.2, -0.15) is 0 Å². The van der Waals surface area contributed by atoms with Crippen LogP contribution in [0.15, 0.2) is 24.3 Å². The van der Waals surface area contributed by atoms with E-state index in [1.54, 1.807) is 6.08 Å². The molecule has 0 saturated carbocycles. The van der Waals surface area contributed by atoms with Crippen LogP contribution < -0.4 is 0 Å². The molecule has 2 heterocycles. The second-order valence-corrected chi connectivity index (χ2v) is 22.9. The summed E-state index contributed by atoms with van der Waals surface area (Å²) in [5, 5.41) is 0. The molecule has 0 amide bonds. The minimum atomic E-state index is -2.09. The van der Waals surface area contributed by atoms with Gasteiger partial charge in [0, 0.05) is 17.8 Å². The van der Waals surface area contributed by atoms with Crippen LogP contribution in [0.5, 0.6) is 0 Å². The second kappa shape index (κ2) is 13.1. The Morgan fingerprint density at radius 1 is 1.00 bits per heavy atom. The topological polar surface area (TPSA) is 74.4 Å². The number of esters is 1. The molecule has 0 radical (unpaired) electrons. The smallest absolute Gasteiger partial charge is 0.309 e. The maximum Gasteiger partial charge on any atom is 0.309 e. The third kappa shape index (κ3) is 9.84. The number of ether oxygens (including phenoxy) is 2. The van der Waals surface area contributed by atoms with Crippen molar-refractivity contribution in [3.05, 3.63) is 24.3 Å². The van der Waals surface area contributed by atoms with Crippen LogP contribution in [0.25, 0.3) is 0 Å². The lowest BCUT2D eigenvalue weighted by Crippen LogP contribution is -2.51. The maximum absolute atomic E-state index is 14.2. The van der Waals surface area contributed by atoms with Gasteiger partial charge in [-0.25, -0.2) is 0 Å². The molecule has 38 heavy (non-hydrogen) atoms. The molecule has 0 aromatic heterocycles. The minimum Gasteiger partial charge on any atom is -0.458 e. The Hall–Kier alpha value is -1.07. The second-order valence-electron chi connectivity index (χ2n) is 14.0. The normalized spacial score (nSPS) is 34.3. The molecular weight excluding hydrogens is 512 g/mol. The predicted octanol–water partition coefficient (Wildman–Crippen LogP) is 7.07. The number of Topliss-reactive ketones (excluding diaryl/α,β-unsaturated/α-hetero) is 1. The zero-order chi connectivity index (χ0) is 29.1. The van der Waals surface area contributed by atoms with Crippen molar-refractivity contribution in [1.29, 1.82) is 0 Å². The molecule has 0 unspecified atom stereocenters. The summed E-state index contributed by atoms with van der Waals surface area (Å²) >= 11 is 0. The summed E-state index contributed by atoms with van der Waals surface area (Å²) in [6.07, 6.45) is 6.33. The van der Waals surface area contributed by atoms with Crippen LogP contribution in [0, 0.1) is 17.3 Å². The molecule has 0 aliphatic carbocycles. The summed E-state index contributed by atoms with van der Waals surface area (Å²) in [5.74, 6) is -0.357. The fourth-order valence-corrected chi connectivity index (χ4v) is 8.00. The summed E-state index contributed by atoms with van der Waals surface area (Å²) in [6, 6.07) is 0. The number of hydrogen-bond donors (Lipinski definition) is 0. The van der Waals surface area contributed by atoms with Crippen LogP contribution in [-0.4, -0.2) is 58.9 Å². The SMILES string of the molecule is C=C/C=C(\C)[C@H]1C[C@H]2O[C@H]2CCC[C@H](C)[C@H](O[Si](C)(C)C)[C@H](C)C(=O)C(C)(C)[C@@H](O[Si](C)(C)C)CC(=O)O1. The van der Waals surface area contributed by atoms with Gasteiger partial charge in [-0.15, -0.1) is 0 Å². The van der Waals surface area contributed by atoms with Crippen molar-refractivity contribution < 1.29 is 27.9 Å². The highest BCUT2D eigenvalue weighted by Crippen LogP contribution is 2.39. The van der Waals surface area contributed by atoms with Crippen molar-refractivity contribution in [3.8, 4) is 0 Å². The average Bonchev–Trinajstić information content (AvgIpc) is 3.51. The van der Waals surface area contributed by atoms with Crippen molar-refractivity contribution in [2.24, 2.45) is 17.3 Å².